The van der Waals surface area contributed by atoms with Crippen molar-refractivity contribution in [2.75, 3.05) is 13.1 Å². The fourth-order valence-electron chi connectivity index (χ4n) is 3.11. The van der Waals surface area contributed by atoms with Crippen LogP contribution in [0, 0.1) is 0 Å². The van der Waals surface area contributed by atoms with E-state index in [0.29, 0.717) is 18.5 Å². The van der Waals surface area contributed by atoms with Gasteiger partial charge in [0.2, 0.25) is 15.9 Å². The van der Waals surface area contributed by atoms with Crippen molar-refractivity contribution in [1.82, 2.24) is 9.03 Å². The monoisotopic (exact) mass is 440 g/mol. The maximum Gasteiger partial charge on any atom is 0.264 e. The molecule has 2 aromatic carbocycles. The molecule has 0 spiro atoms. The standard InChI is InChI=1S/C20H28N2O5S2/c1-4-6-14-22(15-7-5-2)29(26,27)20-13-12-19(28(24,25)21-16(3)23)17-10-8-9-11-18(17)20/h8-13H,4-7,14-15H2,1-3H3,(H,21,23). The molecular weight excluding hydrogens is 412 g/mol. The summed E-state index contributed by atoms with van der Waals surface area (Å²) < 4.78 is 55.3. The summed E-state index contributed by atoms with van der Waals surface area (Å²) in [5.74, 6) is -0.712. The number of rotatable bonds is 10. The molecule has 2 aromatic rings. The average molecular weight is 441 g/mol. The molecule has 7 nitrogen and oxygen atoms in total. The van der Waals surface area contributed by atoms with E-state index in [0.717, 1.165) is 32.6 Å². The minimum atomic E-state index is -4.10. The molecule has 1 amide bonds. The fourth-order valence-corrected chi connectivity index (χ4v) is 6.02. The first-order valence-corrected chi connectivity index (χ1v) is 12.6. The average Bonchev–Trinajstić information content (AvgIpc) is 2.65. The van der Waals surface area contributed by atoms with Crippen molar-refractivity contribution in [3.05, 3.63) is 36.4 Å². The lowest BCUT2D eigenvalue weighted by Gasteiger charge is -2.23. The zero-order valence-electron chi connectivity index (χ0n) is 17.0. The lowest BCUT2D eigenvalue weighted by molar-refractivity contribution is -0.117. The lowest BCUT2D eigenvalue weighted by Crippen LogP contribution is -2.33. The summed E-state index contributed by atoms with van der Waals surface area (Å²) >= 11 is 0. The number of hydrogen-bond acceptors (Lipinski definition) is 5. The van der Waals surface area contributed by atoms with Crippen LogP contribution in [-0.2, 0) is 24.8 Å². The first-order valence-electron chi connectivity index (χ1n) is 9.70. The molecule has 2 rings (SSSR count). The van der Waals surface area contributed by atoms with Crippen LogP contribution in [0.4, 0.5) is 0 Å². The SMILES string of the molecule is CCCCN(CCCC)S(=O)(=O)c1ccc(S(=O)(=O)NC(C)=O)c2ccccc12. The Hall–Kier alpha value is -1.97. The second-order valence-corrected chi connectivity index (χ2v) is 10.4. The number of unbranched alkanes of at least 4 members (excludes halogenated alkanes) is 2. The van der Waals surface area contributed by atoms with E-state index in [1.54, 1.807) is 24.3 Å². The third kappa shape index (κ3) is 5.34. The van der Waals surface area contributed by atoms with Crippen LogP contribution in [0.1, 0.15) is 46.5 Å². The molecule has 9 heteroatoms. The summed E-state index contributed by atoms with van der Waals surface area (Å²) in [4.78, 5) is 11.2. The summed E-state index contributed by atoms with van der Waals surface area (Å²) in [6.07, 6.45) is 3.23. The number of fused-ring (bicyclic) bond motifs is 1. The number of sulfonamides is 2. The third-order valence-electron chi connectivity index (χ3n) is 4.55. The number of carbonyl (C=O) groups is 1. The minimum Gasteiger partial charge on any atom is -0.274 e. The molecule has 0 aromatic heterocycles. The number of nitrogens with one attached hydrogen (secondary N) is 1. The van der Waals surface area contributed by atoms with Crippen LogP contribution in [0.2, 0.25) is 0 Å². The lowest BCUT2D eigenvalue weighted by atomic mass is 10.1. The fraction of sp³-hybridized carbons (Fsp3) is 0.450. The summed E-state index contributed by atoms with van der Waals surface area (Å²) in [5, 5.41) is 0.574. The van der Waals surface area contributed by atoms with Gasteiger partial charge in [-0.3, -0.25) is 4.79 Å². The van der Waals surface area contributed by atoms with Crippen LogP contribution < -0.4 is 4.72 Å². The topological polar surface area (TPSA) is 101 Å². The van der Waals surface area contributed by atoms with Gasteiger partial charge in [0.25, 0.3) is 10.0 Å². The number of amides is 1. The van der Waals surface area contributed by atoms with Gasteiger partial charge in [-0.2, -0.15) is 4.31 Å². The van der Waals surface area contributed by atoms with Gasteiger partial charge < -0.3 is 0 Å². The second-order valence-electron chi connectivity index (χ2n) is 6.88. The second kappa shape index (κ2) is 9.69. The Balaban J connectivity index is 2.65. The van der Waals surface area contributed by atoms with Crippen molar-refractivity contribution < 1.29 is 21.6 Å². The van der Waals surface area contributed by atoms with Gasteiger partial charge in [0.15, 0.2) is 0 Å². The molecule has 0 radical (unpaired) electrons. The predicted molar refractivity (Wildman–Crippen MR) is 114 cm³/mol. The first-order chi connectivity index (χ1) is 13.6. The summed E-state index contributed by atoms with van der Waals surface area (Å²) in [6, 6.07) is 9.00. The molecule has 0 fully saturated rings. The van der Waals surface area contributed by atoms with Gasteiger partial charge in [0.1, 0.15) is 0 Å². The molecule has 0 saturated carbocycles. The summed E-state index contributed by atoms with van der Waals surface area (Å²) in [6.45, 7) is 5.94. The molecular formula is C20H28N2O5S2. The number of carbonyl (C=O) groups excluding carboxylic acids is 1. The van der Waals surface area contributed by atoms with Gasteiger partial charge in [-0.1, -0.05) is 51.0 Å². The highest BCUT2D eigenvalue weighted by atomic mass is 32.2. The Morgan fingerprint density at radius 2 is 1.34 bits per heavy atom. The van der Waals surface area contributed by atoms with E-state index in [1.165, 1.54) is 16.4 Å². The molecule has 160 valence electrons. The number of benzene rings is 2. The minimum absolute atomic E-state index is 0.0714. The predicted octanol–water partition coefficient (Wildman–Crippen LogP) is 3.26. The Labute approximate surface area is 173 Å². The molecule has 0 aliphatic rings. The van der Waals surface area contributed by atoms with Crippen molar-refractivity contribution in [3.63, 3.8) is 0 Å². The Morgan fingerprint density at radius 3 is 1.83 bits per heavy atom. The molecule has 0 aliphatic heterocycles. The van der Waals surface area contributed by atoms with E-state index < -0.39 is 26.0 Å². The van der Waals surface area contributed by atoms with Crippen LogP contribution >= 0.6 is 0 Å². The van der Waals surface area contributed by atoms with Crippen LogP contribution in [0.5, 0.6) is 0 Å². The molecule has 0 aliphatic carbocycles. The molecule has 1 N–H and O–H groups in total. The smallest absolute Gasteiger partial charge is 0.264 e. The maximum atomic E-state index is 13.4. The summed E-state index contributed by atoms with van der Waals surface area (Å²) in [7, 11) is -7.91. The van der Waals surface area contributed by atoms with E-state index >= 15 is 0 Å². The summed E-state index contributed by atoms with van der Waals surface area (Å²) in [5.41, 5.74) is 0. The van der Waals surface area contributed by atoms with Crippen LogP contribution in [0.3, 0.4) is 0 Å². The molecule has 0 heterocycles. The van der Waals surface area contributed by atoms with Crippen molar-refractivity contribution in [3.8, 4) is 0 Å². The highest BCUT2D eigenvalue weighted by molar-refractivity contribution is 7.90. The Kier molecular flexibility index (Phi) is 7.79. The Morgan fingerprint density at radius 1 is 0.862 bits per heavy atom. The van der Waals surface area contributed by atoms with Crippen LogP contribution in [-0.4, -0.2) is 40.1 Å². The zero-order chi connectivity index (χ0) is 21.7. The van der Waals surface area contributed by atoms with Crippen LogP contribution in [0.15, 0.2) is 46.2 Å². The molecule has 0 atom stereocenters. The molecule has 0 saturated heterocycles. The van der Waals surface area contributed by atoms with Gasteiger partial charge in [-0.15, -0.1) is 0 Å². The first kappa shape index (κ1) is 23.3. The largest absolute Gasteiger partial charge is 0.274 e. The maximum absolute atomic E-state index is 13.4. The highest BCUT2D eigenvalue weighted by Crippen LogP contribution is 2.31. The van der Waals surface area contributed by atoms with Crippen molar-refractivity contribution in [1.29, 1.82) is 0 Å². The highest BCUT2D eigenvalue weighted by Gasteiger charge is 2.28. The quantitative estimate of drug-likeness (QED) is 0.611. The molecule has 0 unspecified atom stereocenters. The molecule has 29 heavy (non-hydrogen) atoms. The third-order valence-corrected chi connectivity index (χ3v) is 8.00. The van der Waals surface area contributed by atoms with Gasteiger partial charge in [0, 0.05) is 30.8 Å². The van der Waals surface area contributed by atoms with Crippen LogP contribution in [0.25, 0.3) is 10.8 Å². The Bertz CT molecular complexity index is 1070. The number of nitrogens with zero attached hydrogens (tertiary/aromatic N) is 1. The van der Waals surface area contributed by atoms with E-state index in [2.05, 4.69) is 0 Å². The van der Waals surface area contributed by atoms with Crippen molar-refractivity contribution >= 4 is 36.7 Å². The van der Waals surface area contributed by atoms with Crippen molar-refractivity contribution in [2.45, 2.75) is 56.2 Å². The van der Waals surface area contributed by atoms with E-state index in [1.807, 2.05) is 18.6 Å². The van der Waals surface area contributed by atoms with E-state index in [4.69, 9.17) is 0 Å². The van der Waals surface area contributed by atoms with E-state index in [-0.39, 0.29) is 15.2 Å². The van der Waals surface area contributed by atoms with Gasteiger partial charge in [-0.25, -0.2) is 21.6 Å². The van der Waals surface area contributed by atoms with Gasteiger partial charge >= 0.3 is 0 Å². The zero-order valence-corrected chi connectivity index (χ0v) is 18.6. The van der Waals surface area contributed by atoms with Gasteiger partial charge in [-0.05, 0) is 25.0 Å². The van der Waals surface area contributed by atoms with E-state index in [9.17, 15) is 21.6 Å². The number of hydrogen-bond donors (Lipinski definition) is 1. The normalized spacial score (nSPS) is 12.4. The molecule has 0 bridgehead atoms. The van der Waals surface area contributed by atoms with Gasteiger partial charge in [0.05, 0.1) is 9.79 Å². The van der Waals surface area contributed by atoms with Crippen molar-refractivity contribution in [2.24, 2.45) is 0 Å².